The maximum absolute atomic E-state index is 12.4. The summed E-state index contributed by atoms with van der Waals surface area (Å²) in [6.45, 7) is 4.59. The van der Waals surface area contributed by atoms with Crippen molar-refractivity contribution in [3.63, 3.8) is 0 Å². The van der Waals surface area contributed by atoms with Crippen molar-refractivity contribution in [3.8, 4) is 10.4 Å². The molecular weight excluding hydrogens is 532 g/mol. The molecule has 2 N–H and O–H groups in total. The van der Waals surface area contributed by atoms with E-state index < -0.39 is 5.97 Å². The summed E-state index contributed by atoms with van der Waals surface area (Å²) >= 11 is 10.5. The first-order valence-corrected chi connectivity index (χ1v) is 12.5. The number of aryl methyl sites for hydroxylation is 1. The van der Waals surface area contributed by atoms with Gasteiger partial charge in [-0.3, -0.25) is 4.68 Å². The van der Waals surface area contributed by atoms with Gasteiger partial charge in [0.1, 0.15) is 5.00 Å². The van der Waals surface area contributed by atoms with Gasteiger partial charge in [0.15, 0.2) is 5.11 Å². The molecule has 0 aliphatic heterocycles. The minimum absolute atomic E-state index is 0.376. The SMILES string of the molecule is COC(=O)c1cc(-c2ccccc2)sc1NC(=S)Nc1c(C)nn(Cc2ccc(Br)cc2)c1C. The number of nitrogens with zero attached hydrogens (tertiary/aromatic N) is 2. The standard InChI is InChI=1S/C25H23BrN4O2S2/c1-15-22(16(2)30(29-15)14-17-9-11-19(26)12-10-17)27-25(33)28-23-20(24(31)32-3)13-21(34-23)18-7-5-4-6-8-18/h4-13H,14H2,1-3H3,(H2,27,28,33). The summed E-state index contributed by atoms with van der Waals surface area (Å²) in [6, 6.07) is 19.9. The summed E-state index contributed by atoms with van der Waals surface area (Å²) in [6.07, 6.45) is 0. The van der Waals surface area contributed by atoms with Crippen molar-refractivity contribution in [2.75, 3.05) is 17.7 Å². The fourth-order valence-electron chi connectivity index (χ4n) is 3.53. The number of aromatic nitrogens is 2. The molecule has 174 valence electrons. The Morgan fingerprint density at radius 1 is 1.12 bits per heavy atom. The van der Waals surface area contributed by atoms with Gasteiger partial charge < -0.3 is 15.4 Å². The van der Waals surface area contributed by atoms with Crippen LogP contribution in [0.3, 0.4) is 0 Å². The molecule has 0 saturated heterocycles. The van der Waals surface area contributed by atoms with E-state index in [0.717, 1.165) is 37.6 Å². The van der Waals surface area contributed by atoms with Gasteiger partial charge in [0, 0.05) is 9.35 Å². The zero-order valence-corrected chi connectivity index (χ0v) is 22.1. The van der Waals surface area contributed by atoms with E-state index in [1.807, 2.05) is 67.1 Å². The number of hydrogen-bond acceptors (Lipinski definition) is 5. The van der Waals surface area contributed by atoms with Gasteiger partial charge in [0.05, 0.1) is 36.3 Å². The predicted octanol–water partition coefficient (Wildman–Crippen LogP) is 6.63. The highest BCUT2D eigenvalue weighted by Gasteiger charge is 2.20. The second kappa shape index (κ2) is 10.5. The number of esters is 1. The zero-order chi connectivity index (χ0) is 24.2. The van der Waals surface area contributed by atoms with Gasteiger partial charge in [-0.2, -0.15) is 5.10 Å². The molecule has 2 aromatic heterocycles. The second-order valence-electron chi connectivity index (χ2n) is 7.62. The van der Waals surface area contributed by atoms with Crippen molar-refractivity contribution in [1.82, 2.24) is 9.78 Å². The normalized spacial score (nSPS) is 10.7. The number of ether oxygens (including phenoxy) is 1. The fraction of sp³-hybridized carbons (Fsp3) is 0.160. The van der Waals surface area contributed by atoms with Gasteiger partial charge in [-0.05, 0) is 55.4 Å². The maximum atomic E-state index is 12.4. The monoisotopic (exact) mass is 554 g/mol. The largest absolute Gasteiger partial charge is 0.465 e. The number of thiophene rings is 1. The van der Waals surface area contributed by atoms with E-state index >= 15 is 0 Å². The lowest BCUT2D eigenvalue weighted by molar-refractivity contribution is 0.0602. The number of carbonyl (C=O) groups excluding carboxylic acids is 1. The van der Waals surface area contributed by atoms with E-state index in [4.69, 9.17) is 17.0 Å². The van der Waals surface area contributed by atoms with E-state index in [9.17, 15) is 4.79 Å². The number of anilines is 2. The van der Waals surface area contributed by atoms with Crippen molar-refractivity contribution in [1.29, 1.82) is 0 Å². The van der Waals surface area contributed by atoms with E-state index in [-0.39, 0.29) is 0 Å². The average Bonchev–Trinajstić information content (AvgIpc) is 3.37. The Bertz CT molecular complexity index is 1330. The van der Waals surface area contributed by atoms with Gasteiger partial charge in [-0.25, -0.2) is 4.79 Å². The maximum Gasteiger partial charge on any atom is 0.340 e. The van der Waals surface area contributed by atoms with Crippen LogP contribution >= 0.6 is 39.5 Å². The molecule has 2 heterocycles. The number of benzene rings is 2. The van der Waals surface area contributed by atoms with E-state index in [2.05, 4.69) is 43.8 Å². The fourth-order valence-corrected chi connectivity index (χ4v) is 5.12. The summed E-state index contributed by atoms with van der Waals surface area (Å²) in [4.78, 5) is 13.3. The highest BCUT2D eigenvalue weighted by Crippen LogP contribution is 2.36. The smallest absolute Gasteiger partial charge is 0.340 e. The molecule has 0 amide bonds. The number of halogens is 1. The van der Waals surface area contributed by atoms with Crippen LogP contribution in [0.5, 0.6) is 0 Å². The molecule has 34 heavy (non-hydrogen) atoms. The van der Waals surface area contributed by atoms with Gasteiger partial charge in [0.2, 0.25) is 0 Å². The summed E-state index contributed by atoms with van der Waals surface area (Å²) < 4.78 is 7.97. The summed E-state index contributed by atoms with van der Waals surface area (Å²) in [7, 11) is 1.37. The summed E-state index contributed by atoms with van der Waals surface area (Å²) in [5.74, 6) is -0.418. The Hall–Kier alpha value is -3.01. The molecule has 4 rings (SSSR count). The molecule has 2 aromatic carbocycles. The van der Waals surface area contributed by atoms with Crippen LogP contribution < -0.4 is 10.6 Å². The van der Waals surface area contributed by atoms with Crippen LogP contribution in [0.1, 0.15) is 27.3 Å². The Morgan fingerprint density at radius 2 is 1.82 bits per heavy atom. The number of hydrogen-bond donors (Lipinski definition) is 2. The van der Waals surface area contributed by atoms with Crippen molar-refractivity contribution < 1.29 is 9.53 Å². The highest BCUT2D eigenvalue weighted by molar-refractivity contribution is 9.10. The van der Waals surface area contributed by atoms with Crippen LogP contribution in [0.4, 0.5) is 10.7 Å². The Balaban J connectivity index is 1.54. The lowest BCUT2D eigenvalue weighted by atomic mass is 10.1. The number of nitrogens with one attached hydrogen (secondary N) is 2. The molecule has 0 atom stereocenters. The Kier molecular flexibility index (Phi) is 7.45. The van der Waals surface area contributed by atoms with Gasteiger partial charge >= 0.3 is 5.97 Å². The van der Waals surface area contributed by atoms with Crippen molar-refractivity contribution >= 4 is 61.3 Å². The number of methoxy groups -OCH3 is 1. The van der Waals surface area contributed by atoms with Crippen LogP contribution in [0.25, 0.3) is 10.4 Å². The van der Waals surface area contributed by atoms with Crippen molar-refractivity contribution in [2.24, 2.45) is 0 Å². The lowest BCUT2D eigenvalue weighted by Gasteiger charge is -2.11. The van der Waals surface area contributed by atoms with Gasteiger partial charge in [-0.15, -0.1) is 11.3 Å². The zero-order valence-electron chi connectivity index (χ0n) is 18.9. The van der Waals surface area contributed by atoms with E-state index in [1.54, 1.807) is 0 Å². The molecule has 0 fully saturated rings. The second-order valence-corrected chi connectivity index (χ2v) is 10.00. The Morgan fingerprint density at radius 3 is 2.50 bits per heavy atom. The van der Waals surface area contributed by atoms with Crippen LogP contribution in [-0.4, -0.2) is 28.0 Å². The topological polar surface area (TPSA) is 68.2 Å². The van der Waals surface area contributed by atoms with Crippen LogP contribution in [-0.2, 0) is 11.3 Å². The summed E-state index contributed by atoms with van der Waals surface area (Å²) in [5.41, 5.74) is 5.25. The molecule has 6 nitrogen and oxygen atoms in total. The lowest BCUT2D eigenvalue weighted by Crippen LogP contribution is -2.20. The first-order valence-electron chi connectivity index (χ1n) is 10.5. The van der Waals surface area contributed by atoms with Gasteiger partial charge in [0.25, 0.3) is 0 Å². The van der Waals surface area contributed by atoms with Crippen LogP contribution in [0.2, 0.25) is 0 Å². The molecule has 0 aliphatic carbocycles. The number of thiocarbonyl (C=S) groups is 1. The average molecular weight is 556 g/mol. The molecule has 0 aliphatic rings. The predicted molar refractivity (Wildman–Crippen MR) is 146 cm³/mol. The number of carbonyl (C=O) groups is 1. The molecule has 0 unspecified atom stereocenters. The molecular formula is C25H23BrN4O2S2. The summed E-state index contributed by atoms with van der Waals surface area (Å²) in [5, 5.41) is 12.1. The third-order valence-corrected chi connectivity index (χ3v) is 7.12. The third-order valence-electron chi connectivity index (χ3n) is 5.29. The van der Waals surface area contributed by atoms with Gasteiger partial charge in [-0.1, -0.05) is 58.4 Å². The van der Waals surface area contributed by atoms with Crippen LogP contribution in [0.15, 0.2) is 65.1 Å². The molecule has 9 heteroatoms. The minimum atomic E-state index is -0.418. The molecule has 4 aromatic rings. The quantitative estimate of drug-likeness (QED) is 0.206. The van der Waals surface area contributed by atoms with Crippen LogP contribution in [0, 0.1) is 13.8 Å². The first-order chi connectivity index (χ1) is 16.4. The van der Waals surface area contributed by atoms with E-state index in [1.165, 1.54) is 18.4 Å². The minimum Gasteiger partial charge on any atom is -0.465 e. The molecule has 0 spiro atoms. The third kappa shape index (κ3) is 5.38. The van der Waals surface area contributed by atoms with Crippen molar-refractivity contribution in [2.45, 2.75) is 20.4 Å². The number of rotatable bonds is 6. The molecule has 0 radical (unpaired) electrons. The molecule has 0 saturated carbocycles. The molecule has 0 bridgehead atoms. The van der Waals surface area contributed by atoms with Crippen molar-refractivity contribution in [3.05, 3.63) is 87.7 Å². The highest BCUT2D eigenvalue weighted by atomic mass is 79.9. The van der Waals surface area contributed by atoms with E-state index in [0.29, 0.717) is 22.2 Å². The first kappa shape index (κ1) is 24.1. The Labute approximate surface area is 216 Å².